The van der Waals surface area contributed by atoms with E-state index < -0.39 is 29.6 Å². The highest BCUT2D eigenvalue weighted by Crippen LogP contribution is 1.95. The fourth-order valence-electron chi connectivity index (χ4n) is 0.957. The quantitative estimate of drug-likeness (QED) is 0.317. The van der Waals surface area contributed by atoms with Crippen LogP contribution in [0.4, 0.5) is 5.95 Å². The summed E-state index contributed by atoms with van der Waals surface area (Å²) in [7, 11) is 0. The molecule has 1 heterocycles. The van der Waals surface area contributed by atoms with Gasteiger partial charge < -0.3 is 10.2 Å². The summed E-state index contributed by atoms with van der Waals surface area (Å²) in [4.78, 5) is 34.6. The molecule has 0 unspecified atom stereocenters. The Morgan fingerprint density at radius 3 is 2.58 bits per heavy atom. The number of H-pyrrole nitrogens is 1. The third kappa shape index (κ3) is 4.46. The van der Waals surface area contributed by atoms with Gasteiger partial charge in [-0.15, -0.1) is 10.2 Å². The number of nitrogens with one attached hydrogen (secondary N) is 3. The Kier molecular flexibility index (Phi) is 4.57. The van der Waals surface area contributed by atoms with Crippen LogP contribution in [0.5, 0.6) is 0 Å². The second-order valence-corrected chi connectivity index (χ2v) is 3.36. The molecular formula is C9H11N5O5. The van der Waals surface area contributed by atoms with Crippen molar-refractivity contribution in [2.45, 2.75) is 13.3 Å². The van der Waals surface area contributed by atoms with Crippen LogP contribution in [0.2, 0.25) is 0 Å². The minimum atomic E-state index is -1.36. The summed E-state index contributed by atoms with van der Waals surface area (Å²) in [5.41, 5.74) is 3.79. The third-order valence-electron chi connectivity index (χ3n) is 1.89. The molecule has 1 aromatic rings. The van der Waals surface area contributed by atoms with Gasteiger partial charge in [0.25, 0.3) is 5.56 Å². The number of aryl methyl sites for hydroxylation is 1. The van der Waals surface area contributed by atoms with Crippen LogP contribution in [0, 0.1) is 6.92 Å². The highest BCUT2D eigenvalue weighted by Gasteiger charge is 2.08. The first-order valence-electron chi connectivity index (χ1n) is 5.01. The Balaban J connectivity index is 2.73. The van der Waals surface area contributed by atoms with Crippen molar-refractivity contribution in [3.05, 3.63) is 27.8 Å². The number of carbonyl (C=O) groups is 2. The molecule has 0 radical (unpaired) electrons. The maximum atomic E-state index is 11.2. The largest absolute Gasteiger partial charge is 0.481 e. The maximum absolute atomic E-state index is 11.2. The lowest BCUT2D eigenvalue weighted by Gasteiger charge is -2.08. The highest BCUT2D eigenvalue weighted by atomic mass is 16.4. The van der Waals surface area contributed by atoms with Gasteiger partial charge in [-0.1, -0.05) is 0 Å². The van der Waals surface area contributed by atoms with Crippen molar-refractivity contribution in [3.63, 3.8) is 0 Å². The highest BCUT2D eigenvalue weighted by molar-refractivity contribution is 5.87. The van der Waals surface area contributed by atoms with E-state index in [0.29, 0.717) is 0 Å². The lowest BCUT2D eigenvalue weighted by Crippen LogP contribution is -2.29. The number of anilines is 1. The molecule has 0 aromatic carbocycles. The zero-order chi connectivity index (χ0) is 14.4. The second-order valence-electron chi connectivity index (χ2n) is 3.36. The van der Waals surface area contributed by atoms with Crippen molar-refractivity contribution in [2.24, 2.45) is 0 Å². The third-order valence-corrected chi connectivity index (χ3v) is 1.89. The van der Waals surface area contributed by atoms with Gasteiger partial charge in [-0.3, -0.25) is 25.4 Å². The van der Waals surface area contributed by atoms with E-state index in [1.165, 1.54) is 6.92 Å². The molecule has 102 valence electrons. The first-order valence-corrected chi connectivity index (χ1v) is 5.01. The average Bonchev–Trinajstić information content (AvgIpc) is 2.32. The standard InChI is InChI=1S/C9H11N5O5/c1-4-7(17)10-9(13-11-4)14-12-5(8(18)19)2-3-6(15)16/h2,12H,3H2,1H3,(H,15,16)(H,18,19)(H2,10,13,14,17)/b5-2-. The monoisotopic (exact) mass is 269 g/mol. The first kappa shape index (κ1) is 14.2. The van der Waals surface area contributed by atoms with Crippen molar-refractivity contribution < 1.29 is 19.8 Å². The van der Waals surface area contributed by atoms with E-state index in [0.717, 1.165) is 6.08 Å². The van der Waals surface area contributed by atoms with Crippen LogP contribution >= 0.6 is 0 Å². The molecule has 1 aromatic heterocycles. The summed E-state index contributed by atoms with van der Waals surface area (Å²) in [6.45, 7) is 1.46. The van der Waals surface area contributed by atoms with Crippen LogP contribution in [0.25, 0.3) is 0 Å². The molecule has 10 nitrogen and oxygen atoms in total. The van der Waals surface area contributed by atoms with Gasteiger partial charge in [0, 0.05) is 0 Å². The fourth-order valence-corrected chi connectivity index (χ4v) is 0.957. The summed E-state index contributed by atoms with van der Waals surface area (Å²) >= 11 is 0. The van der Waals surface area contributed by atoms with E-state index in [9.17, 15) is 14.4 Å². The maximum Gasteiger partial charge on any atom is 0.353 e. The Hall–Kier alpha value is -2.91. The van der Waals surface area contributed by atoms with Gasteiger partial charge in [-0.2, -0.15) is 0 Å². The summed E-state index contributed by atoms with van der Waals surface area (Å²) in [5.74, 6) is -2.64. The van der Waals surface area contributed by atoms with Crippen molar-refractivity contribution >= 4 is 17.9 Å². The summed E-state index contributed by atoms with van der Waals surface area (Å²) in [5, 5.41) is 24.3. The number of rotatable bonds is 6. The van der Waals surface area contributed by atoms with Gasteiger partial charge in [-0.25, -0.2) is 4.79 Å². The topological polar surface area (TPSA) is 157 Å². The second kappa shape index (κ2) is 6.14. The summed E-state index contributed by atoms with van der Waals surface area (Å²) < 4.78 is 0. The van der Waals surface area contributed by atoms with E-state index in [-0.39, 0.29) is 11.6 Å². The number of aromatic amines is 1. The zero-order valence-electron chi connectivity index (χ0n) is 9.80. The Bertz CT molecular complexity index is 579. The zero-order valence-corrected chi connectivity index (χ0v) is 9.80. The Morgan fingerprint density at radius 2 is 2.05 bits per heavy atom. The molecule has 0 amide bonds. The van der Waals surface area contributed by atoms with Crippen LogP contribution in [0.1, 0.15) is 12.1 Å². The lowest BCUT2D eigenvalue weighted by molar-refractivity contribution is -0.136. The fraction of sp³-hybridized carbons (Fsp3) is 0.222. The van der Waals surface area contributed by atoms with Crippen LogP contribution in [-0.2, 0) is 9.59 Å². The summed E-state index contributed by atoms with van der Waals surface area (Å²) in [6.07, 6.45) is 0.490. The van der Waals surface area contributed by atoms with E-state index in [4.69, 9.17) is 10.2 Å². The van der Waals surface area contributed by atoms with Crippen molar-refractivity contribution in [2.75, 3.05) is 5.43 Å². The molecule has 0 atom stereocenters. The first-order chi connectivity index (χ1) is 8.90. The van der Waals surface area contributed by atoms with E-state index >= 15 is 0 Å². The van der Waals surface area contributed by atoms with Crippen LogP contribution in [-0.4, -0.2) is 37.3 Å². The number of hydrogen-bond acceptors (Lipinski definition) is 7. The van der Waals surface area contributed by atoms with Crippen molar-refractivity contribution in [1.29, 1.82) is 0 Å². The van der Waals surface area contributed by atoms with Gasteiger partial charge in [0.2, 0.25) is 5.95 Å². The van der Waals surface area contributed by atoms with E-state index in [1.54, 1.807) is 0 Å². The van der Waals surface area contributed by atoms with Crippen molar-refractivity contribution in [1.82, 2.24) is 20.6 Å². The molecule has 0 aliphatic rings. The molecule has 0 aliphatic carbocycles. The van der Waals surface area contributed by atoms with Gasteiger partial charge in [0.15, 0.2) is 0 Å². The molecular weight excluding hydrogens is 258 g/mol. The minimum Gasteiger partial charge on any atom is -0.481 e. The number of carboxylic acids is 2. The van der Waals surface area contributed by atoms with E-state index in [1.807, 2.05) is 0 Å². The molecule has 10 heteroatoms. The molecule has 0 aliphatic heterocycles. The Morgan fingerprint density at radius 1 is 1.37 bits per heavy atom. The van der Waals surface area contributed by atoms with Crippen molar-refractivity contribution in [3.8, 4) is 0 Å². The molecule has 0 bridgehead atoms. The molecule has 0 saturated heterocycles. The van der Waals surface area contributed by atoms with Crippen LogP contribution in [0.15, 0.2) is 16.6 Å². The minimum absolute atomic E-state index is 0.0990. The number of hydrogen-bond donors (Lipinski definition) is 5. The predicted molar refractivity (Wildman–Crippen MR) is 62.1 cm³/mol. The van der Waals surface area contributed by atoms with Gasteiger partial charge >= 0.3 is 11.9 Å². The Labute approximate surface area is 106 Å². The number of carboxylic acid groups (broad SMARTS) is 2. The average molecular weight is 269 g/mol. The molecule has 1 rings (SSSR count). The predicted octanol–water partition coefficient (Wildman–Crippen LogP) is -1.17. The smallest absolute Gasteiger partial charge is 0.353 e. The molecule has 0 spiro atoms. The van der Waals surface area contributed by atoms with Gasteiger partial charge in [-0.05, 0) is 13.0 Å². The molecule has 0 fully saturated rings. The number of aromatic nitrogens is 3. The molecule has 0 saturated carbocycles. The van der Waals surface area contributed by atoms with E-state index in [2.05, 4.69) is 26.0 Å². The lowest BCUT2D eigenvalue weighted by atomic mass is 10.3. The molecule has 19 heavy (non-hydrogen) atoms. The van der Waals surface area contributed by atoms with Gasteiger partial charge in [0.1, 0.15) is 11.4 Å². The number of hydrazine groups is 1. The molecule has 5 N–H and O–H groups in total. The summed E-state index contributed by atoms with van der Waals surface area (Å²) in [6, 6.07) is 0. The number of nitrogens with zero attached hydrogens (tertiary/aromatic N) is 2. The van der Waals surface area contributed by atoms with Crippen LogP contribution in [0.3, 0.4) is 0 Å². The number of aliphatic carboxylic acids is 2. The van der Waals surface area contributed by atoms with Crippen LogP contribution < -0.4 is 16.4 Å². The SMILES string of the molecule is Cc1nnc(NN/C(=C\CC(=O)O)C(=O)O)[nH]c1=O. The van der Waals surface area contributed by atoms with Gasteiger partial charge in [0.05, 0.1) is 6.42 Å². The normalized spacial score (nSPS) is 10.9.